The molecule has 4 aliphatic heterocycles. The highest BCUT2D eigenvalue weighted by Crippen LogP contribution is 2.75. The van der Waals surface area contributed by atoms with Gasteiger partial charge in [0.1, 0.15) is 23.7 Å². The molecular formula is C18H20O8. The van der Waals surface area contributed by atoms with Crippen molar-refractivity contribution >= 4 is 11.9 Å². The summed E-state index contributed by atoms with van der Waals surface area (Å²) in [5.74, 6) is -1.39. The summed E-state index contributed by atoms with van der Waals surface area (Å²) in [4.78, 5) is 25.0. The van der Waals surface area contributed by atoms with Gasteiger partial charge in [-0.2, -0.15) is 0 Å². The van der Waals surface area contributed by atoms with E-state index in [9.17, 15) is 19.8 Å². The predicted octanol–water partition coefficient (Wildman–Crippen LogP) is -0.934. The molecule has 8 nitrogen and oxygen atoms in total. The number of carbonyl (C=O) groups excluding carboxylic acids is 2. The third kappa shape index (κ3) is 1.30. The minimum absolute atomic E-state index is 0.332. The lowest BCUT2D eigenvalue weighted by molar-refractivity contribution is -0.158. The highest BCUT2D eigenvalue weighted by atomic mass is 16.7. The first-order valence-electron chi connectivity index (χ1n) is 9.02. The quantitative estimate of drug-likeness (QED) is 0.452. The van der Waals surface area contributed by atoms with E-state index in [-0.39, 0.29) is 12.0 Å². The van der Waals surface area contributed by atoms with Crippen LogP contribution in [0.15, 0.2) is 11.6 Å². The van der Waals surface area contributed by atoms with E-state index in [1.807, 2.05) is 6.92 Å². The second-order valence-electron chi connectivity index (χ2n) is 8.87. The number of cyclic esters (lactones) is 1. The Kier molecular flexibility index (Phi) is 2.40. The van der Waals surface area contributed by atoms with Crippen LogP contribution in [0.25, 0.3) is 0 Å². The third-order valence-corrected chi connectivity index (χ3v) is 7.70. The molecule has 3 saturated heterocycles. The molecule has 4 heterocycles. The first kappa shape index (κ1) is 15.6. The molecule has 0 bridgehead atoms. The average molecular weight is 364 g/mol. The number of rotatable bonds is 1. The minimum Gasteiger partial charge on any atom is -0.459 e. The maximum Gasteiger partial charge on any atom is 0.331 e. The van der Waals surface area contributed by atoms with E-state index in [1.54, 1.807) is 13.8 Å². The average Bonchev–Trinajstić information content (AvgIpc) is 3.46. The van der Waals surface area contributed by atoms with E-state index in [0.29, 0.717) is 5.57 Å². The van der Waals surface area contributed by atoms with E-state index in [2.05, 4.69) is 0 Å². The number of hydrogen-bond donors (Lipinski definition) is 2. The number of esters is 2. The summed E-state index contributed by atoms with van der Waals surface area (Å²) < 4.78 is 23.0. The van der Waals surface area contributed by atoms with Crippen LogP contribution in [0.3, 0.4) is 0 Å². The summed E-state index contributed by atoms with van der Waals surface area (Å²) in [6.07, 6.45) is -3.24. The van der Waals surface area contributed by atoms with Crippen molar-refractivity contribution in [1.82, 2.24) is 0 Å². The molecule has 0 amide bonds. The minimum atomic E-state index is -1.13. The molecule has 0 aromatic heterocycles. The first-order valence-corrected chi connectivity index (χ1v) is 9.02. The number of fused-ring (bicyclic) bond motifs is 4. The highest BCUT2D eigenvalue weighted by Gasteiger charge is 2.89. The van der Waals surface area contributed by atoms with Crippen LogP contribution >= 0.6 is 0 Å². The highest BCUT2D eigenvalue weighted by molar-refractivity contribution is 5.88. The van der Waals surface area contributed by atoms with Crippen molar-refractivity contribution in [2.24, 2.45) is 16.7 Å². The van der Waals surface area contributed by atoms with Crippen LogP contribution in [-0.4, -0.2) is 70.5 Å². The van der Waals surface area contributed by atoms with Crippen molar-refractivity contribution in [3.8, 4) is 0 Å². The topological polar surface area (TPSA) is 118 Å². The number of aliphatic hydroxyl groups is 2. The molecule has 140 valence electrons. The van der Waals surface area contributed by atoms with Crippen molar-refractivity contribution in [1.29, 1.82) is 0 Å². The van der Waals surface area contributed by atoms with Gasteiger partial charge < -0.3 is 29.2 Å². The third-order valence-electron chi connectivity index (χ3n) is 7.70. The molecule has 0 aromatic carbocycles. The molecule has 6 aliphatic rings. The van der Waals surface area contributed by atoms with Crippen molar-refractivity contribution in [2.45, 2.75) is 69.1 Å². The van der Waals surface area contributed by atoms with Gasteiger partial charge in [0.2, 0.25) is 0 Å². The zero-order chi connectivity index (χ0) is 18.4. The van der Waals surface area contributed by atoms with E-state index in [4.69, 9.17) is 18.9 Å². The van der Waals surface area contributed by atoms with E-state index in [0.717, 1.165) is 0 Å². The fourth-order valence-electron chi connectivity index (χ4n) is 6.57. The molecule has 2 aliphatic carbocycles. The Morgan fingerprint density at radius 3 is 2.54 bits per heavy atom. The Hall–Kier alpha value is -1.48. The first-order chi connectivity index (χ1) is 12.2. The van der Waals surface area contributed by atoms with Crippen molar-refractivity contribution in [3.05, 3.63) is 11.6 Å². The van der Waals surface area contributed by atoms with Crippen molar-refractivity contribution in [2.75, 3.05) is 0 Å². The summed E-state index contributed by atoms with van der Waals surface area (Å²) >= 11 is 0. The van der Waals surface area contributed by atoms with Gasteiger partial charge in [-0.25, -0.2) is 4.79 Å². The molecule has 26 heavy (non-hydrogen) atoms. The molecule has 6 rings (SSSR count). The number of ether oxygens (including phenoxy) is 4. The summed E-state index contributed by atoms with van der Waals surface area (Å²) in [6, 6.07) is 0. The fourth-order valence-corrected chi connectivity index (χ4v) is 6.57. The van der Waals surface area contributed by atoms with Gasteiger partial charge in [-0.3, -0.25) is 4.79 Å². The lowest BCUT2D eigenvalue weighted by Crippen LogP contribution is -2.66. The van der Waals surface area contributed by atoms with Crippen LogP contribution in [0.4, 0.5) is 0 Å². The zero-order valence-electron chi connectivity index (χ0n) is 14.5. The maximum absolute atomic E-state index is 12.8. The van der Waals surface area contributed by atoms with Gasteiger partial charge in [-0.05, 0) is 19.4 Å². The molecule has 0 aromatic rings. The summed E-state index contributed by atoms with van der Waals surface area (Å²) in [5, 5.41) is 21.0. The van der Waals surface area contributed by atoms with Crippen molar-refractivity contribution < 1.29 is 38.7 Å². The Balaban J connectivity index is 1.60. The molecule has 0 radical (unpaired) electrons. The molecule has 11 atom stereocenters. The molecule has 8 heteroatoms. The van der Waals surface area contributed by atoms with Crippen LogP contribution in [0.2, 0.25) is 0 Å². The van der Waals surface area contributed by atoms with Gasteiger partial charge in [0.25, 0.3) is 0 Å². The second-order valence-corrected chi connectivity index (χ2v) is 8.87. The second kappa shape index (κ2) is 4.01. The lowest BCUT2D eigenvalue weighted by atomic mass is 9.46. The van der Waals surface area contributed by atoms with Gasteiger partial charge in [-0.15, -0.1) is 0 Å². The summed E-state index contributed by atoms with van der Waals surface area (Å²) in [5.41, 5.74) is -2.16. The maximum atomic E-state index is 12.8. The Morgan fingerprint density at radius 2 is 1.85 bits per heavy atom. The van der Waals surface area contributed by atoms with Crippen LogP contribution in [0.1, 0.15) is 20.8 Å². The Morgan fingerprint density at radius 1 is 1.12 bits per heavy atom. The number of carbonyl (C=O) groups is 2. The van der Waals surface area contributed by atoms with Gasteiger partial charge in [0.15, 0.2) is 11.7 Å². The molecule has 2 N–H and O–H groups in total. The van der Waals surface area contributed by atoms with Crippen LogP contribution in [0, 0.1) is 16.7 Å². The number of epoxide rings is 2. The van der Waals surface area contributed by atoms with Gasteiger partial charge in [0, 0.05) is 17.4 Å². The Bertz CT molecular complexity index is 805. The predicted molar refractivity (Wildman–Crippen MR) is 81.5 cm³/mol. The van der Waals surface area contributed by atoms with Gasteiger partial charge in [-0.1, -0.05) is 6.92 Å². The SMILES string of the molecule is CC(O)[C@H]1OC(=O)C=C2C3(C)[C@@H]4O[C@@H]4[C@H](O)[C@]4(C)C(=O)OC(C5O[C@@]251)[C@H]34. The standard InChI is InChI=1S/C18H20O8/c1-5(19)12-18-6(4-7(20)23-12)16(2)10-8(14(18)26-18)25-15(22)17(10,3)11(21)9-13(16)24-9/h4-5,8-14,19,21H,1-3H3/t5?,8?,9-,10-,11+,12-,13-,14?,16?,17-,18-/m1/s1. The van der Waals surface area contributed by atoms with Gasteiger partial charge in [0.05, 0.1) is 18.3 Å². The molecular weight excluding hydrogens is 344 g/mol. The van der Waals surface area contributed by atoms with E-state index in [1.165, 1.54) is 6.08 Å². The van der Waals surface area contributed by atoms with Crippen LogP contribution in [-0.2, 0) is 28.5 Å². The van der Waals surface area contributed by atoms with Gasteiger partial charge >= 0.3 is 11.9 Å². The Labute approximate surface area is 149 Å². The normalized spacial score (nSPS) is 61.9. The zero-order valence-corrected chi connectivity index (χ0v) is 14.5. The molecule has 1 spiro atoms. The van der Waals surface area contributed by atoms with Crippen LogP contribution < -0.4 is 0 Å². The lowest BCUT2D eigenvalue weighted by Gasteiger charge is -2.53. The summed E-state index contributed by atoms with van der Waals surface area (Å²) in [6.45, 7) is 5.21. The molecule has 5 fully saturated rings. The number of aliphatic hydroxyl groups excluding tert-OH is 2. The smallest absolute Gasteiger partial charge is 0.331 e. The number of hydrogen-bond acceptors (Lipinski definition) is 8. The van der Waals surface area contributed by atoms with Crippen LogP contribution in [0.5, 0.6) is 0 Å². The summed E-state index contributed by atoms with van der Waals surface area (Å²) in [7, 11) is 0. The molecule has 4 unspecified atom stereocenters. The molecule has 2 saturated carbocycles. The monoisotopic (exact) mass is 364 g/mol. The van der Waals surface area contributed by atoms with Crippen molar-refractivity contribution in [3.63, 3.8) is 0 Å². The fraction of sp³-hybridized carbons (Fsp3) is 0.778. The van der Waals surface area contributed by atoms with E-state index < -0.39 is 65.0 Å². The largest absolute Gasteiger partial charge is 0.459 e. The van der Waals surface area contributed by atoms with E-state index >= 15 is 0 Å².